The molecule has 0 radical (unpaired) electrons. The third-order valence-corrected chi connectivity index (χ3v) is 2.26. The van der Waals surface area contributed by atoms with Gasteiger partial charge in [-0.25, -0.2) is 0 Å². The van der Waals surface area contributed by atoms with Crippen LogP contribution in [0.3, 0.4) is 0 Å². The van der Waals surface area contributed by atoms with Crippen LogP contribution in [0.5, 0.6) is 5.75 Å². The molecule has 0 bridgehead atoms. The van der Waals surface area contributed by atoms with Crippen molar-refractivity contribution in [2.75, 3.05) is 6.61 Å². The Kier molecular flexibility index (Phi) is 4.13. The predicted molar refractivity (Wildman–Crippen MR) is 59.7 cm³/mol. The molecule has 1 aromatic rings. The molecular weight excluding hydrogens is 262 g/mol. The van der Waals surface area contributed by atoms with Crippen LogP contribution in [0, 0.1) is 22.5 Å². The Balaban J connectivity index is 2.93. The van der Waals surface area contributed by atoms with E-state index in [9.17, 15) is 10.1 Å². The molecule has 0 amide bonds. The van der Waals surface area contributed by atoms with Gasteiger partial charge in [-0.05, 0) is 22.0 Å². The Labute approximate surface area is 95.5 Å². The van der Waals surface area contributed by atoms with Crippen LogP contribution in [0.25, 0.3) is 0 Å². The summed E-state index contributed by atoms with van der Waals surface area (Å²) in [6.45, 7) is 0.264. The molecule has 0 fully saturated rings. The van der Waals surface area contributed by atoms with Crippen LogP contribution in [-0.2, 0) is 0 Å². The summed E-state index contributed by atoms with van der Waals surface area (Å²) < 4.78 is 5.79. The number of benzene rings is 1. The Hall–Kier alpha value is -1.54. The highest BCUT2D eigenvalue weighted by Gasteiger charge is 2.17. The van der Waals surface area contributed by atoms with E-state index in [1.165, 1.54) is 6.07 Å². The van der Waals surface area contributed by atoms with Gasteiger partial charge in [0, 0.05) is 12.5 Å². The molecule has 5 heteroatoms. The van der Waals surface area contributed by atoms with E-state index in [0.29, 0.717) is 10.9 Å². The lowest BCUT2D eigenvalue weighted by atomic mass is 10.3. The summed E-state index contributed by atoms with van der Waals surface area (Å²) in [6.07, 6.45) is 5.47. The molecule has 0 saturated carbocycles. The Bertz CT molecular complexity index is 412. The normalized spacial score (nSPS) is 9.33. The maximum atomic E-state index is 10.7. The van der Waals surface area contributed by atoms with E-state index in [1.807, 2.05) is 0 Å². The number of hydrogen-bond donors (Lipinski definition) is 0. The average Bonchev–Trinajstić information content (AvgIpc) is 2.20. The van der Waals surface area contributed by atoms with Gasteiger partial charge in [0.05, 0.1) is 16.0 Å². The number of nitrogens with zero attached hydrogens (tertiary/aromatic N) is 1. The Morgan fingerprint density at radius 1 is 1.60 bits per heavy atom. The average molecular weight is 270 g/mol. The summed E-state index contributed by atoms with van der Waals surface area (Å²) in [7, 11) is 0. The number of para-hydroxylation sites is 1. The van der Waals surface area contributed by atoms with Crippen LogP contribution < -0.4 is 4.74 Å². The van der Waals surface area contributed by atoms with E-state index in [4.69, 9.17) is 11.2 Å². The quantitative estimate of drug-likeness (QED) is 0.366. The molecule has 4 nitrogen and oxygen atoms in total. The first kappa shape index (κ1) is 11.5. The third-order valence-electron chi connectivity index (χ3n) is 1.64. The zero-order valence-corrected chi connectivity index (χ0v) is 9.36. The van der Waals surface area contributed by atoms with Crippen molar-refractivity contribution in [1.29, 1.82) is 0 Å². The molecule has 0 spiro atoms. The van der Waals surface area contributed by atoms with Crippen molar-refractivity contribution in [2.24, 2.45) is 0 Å². The number of halogens is 1. The molecule has 0 N–H and O–H groups in total. The standard InChI is InChI=1S/C10H8BrNO3/c1-2-3-7-15-10-8(11)5-4-6-9(10)12(13)14/h1,4-6H,3,7H2. The smallest absolute Gasteiger partial charge is 0.312 e. The van der Waals surface area contributed by atoms with Crippen molar-refractivity contribution in [3.8, 4) is 18.1 Å². The summed E-state index contributed by atoms with van der Waals surface area (Å²) in [5.41, 5.74) is -0.0682. The second-order valence-electron chi connectivity index (χ2n) is 2.65. The summed E-state index contributed by atoms with van der Waals surface area (Å²) in [5, 5.41) is 10.7. The first-order valence-corrected chi connectivity index (χ1v) is 4.95. The minimum absolute atomic E-state index is 0.0682. The van der Waals surface area contributed by atoms with Crippen LogP contribution in [0.1, 0.15) is 6.42 Å². The Morgan fingerprint density at radius 2 is 2.33 bits per heavy atom. The van der Waals surface area contributed by atoms with Crippen molar-refractivity contribution in [3.05, 3.63) is 32.8 Å². The molecule has 0 aliphatic rings. The van der Waals surface area contributed by atoms with Gasteiger partial charge in [0.1, 0.15) is 0 Å². The highest BCUT2D eigenvalue weighted by atomic mass is 79.9. The molecule has 0 aliphatic heterocycles. The molecule has 0 aromatic heterocycles. The van der Waals surface area contributed by atoms with Crippen molar-refractivity contribution in [3.63, 3.8) is 0 Å². The van der Waals surface area contributed by atoms with Gasteiger partial charge in [0.25, 0.3) is 0 Å². The molecule has 1 rings (SSSR count). The minimum atomic E-state index is -0.490. The summed E-state index contributed by atoms with van der Waals surface area (Å²) in [4.78, 5) is 10.2. The number of nitro benzene ring substituents is 1. The largest absolute Gasteiger partial charge is 0.485 e. The van der Waals surface area contributed by atoms with Gasteiger partial charge in [0.2, 0.25) is 5.75 Å². The van der Waals surface area contributed by atoms with E-state index in [1.54, 1.807) is 12.1 Å². The molecule has 0 atom stereocenters. The highest BCUT2D eigenvalue weighted by Crippen LogP contribution is 2.34. The lowest BCUT2D eigenvalue weighted by Crippen LogP contribution is -2.00. The second kappa shape index (κ2) is 5.37. The van der Waals surface area contributed by atoms with Gasteiger partial charge in [-0.1, -0.05) is 6.07 Å². The summed E-state index contributed by atoms with van der Waals surface area (Å²) in [5.74, 6) is 2.62. The molecule has 15 heavy (non-hydrogen) atoms. The van der Waals surface area contributed by atoms with E-state index in [-0.39, 0.29) is 18.0 Å². The number of terminal acetylenes is 1. The van der Waals surface area contributed by atoms with Gasteiger partial charge in [0.15, 0.2) is 0 Å². The number of hydrogen-bond acceptors (Lipinski definition) is 3. The monoisotopic (exact) mass is 269 g/mol. The van der Waals surface area contributed by atoms with Crippen LogP contribution in [-0.4, -0.2) is 11.5 Å². The van der Waals surface area contributed by atoms with E-state index >= 15 is 0 Å². The van der Waals surface area contributed by atoms with E-state index in [0.717, 1.165) is 0 Å². The highest BCUT2D eigenvalue weighted by molar-refractivity contribution is 9.10. The number of nitro groups is 1. The van der Waals surface area contributed by atoms with Gasteiger partial charge in [-0.2, -0.15) is 0 Å². The maximum absolute atomic E-state index is 10.7. The zero-order valence-electron chi connectivity index (χ0n) is 7.77. The van der Waals surface area contributed by atoms with Gasteiger partial charge < -0.3 is 4.74 Å². The predicted octanol–water partition coefficient (Wildman–Crippen LogP) is 2.76. The first-order valence-electron chi connectivity index (χ1n) is 4.16. The van der Waals surface area contributed by atoms with Crippen molar-refractivity contribution >= 4 is 21.6 Å². The second-order valence-corrected chi connectivity index (χ2v) is 3.50. The SMILES string of the molecule is C#CCCOc1c(Br)cccc1[N+](=O)[O-]. The fraction of sp³-hybridized carbons (Fsp3) is 0.200. The third kappa shape index (κ3) is 2.96. The van der Waals surface area contributed by atoms with Crippen LogP contribution >= 0.6 is 15.9 Å². The van der Waals surface area contributed by atoms with E-state index in [2.05, 4.69) is 21.9 Å². The molecular formula is C10H8BrNO3. The summed E-state index contributed by atoms with van der Waals surface area (Å²) >= 11 is 3.19. The van der Waals surface area contributed by atoms with Crippen LogP contribution in [0.4, 0.5) is 5.69 Å². The van der Waals surface area contributed by atoms with Crippen LogP contribution in [0.2, 0.25) is 0 Å². The maximum Gasteiger partial charge on any atom is 0.312 e. The molecule has 0 saturated heterocycles. The summed E-state index contributed by atoms with van der Waals surface area (Å²) in [6, 6.07) is 4.64. The van der Waals surface area contributed by atoms with E-state index < -0.39 is 4.92 Å². The Morgan fingerprint density at radius 3 is 2.93 bits per heavy atom. The molecule has 1 aromatic carbocycles. The lowest BCUT2D eigenvalue weighted by molar-refractivity contribution is -0.385. The molecule has 0 heterocycles. The topological polar surface area (TPSA) is 52.4 Å². The minimum Gasteiger partial charge on any atom is -0.485 e. The van der Waals surface area contributed by atoms with Crippen molar-refractivity contribution in [1.82, 2.24) is 0 Å². The fourth-order valence-electron chi connectivity index (χ4n) is 0.996. The number of rotatable bonds is 4. The van der Waals surface area contributed by atoms with Gasteiger partial charge >= 0.3 is 5.69 Å². The molecule has 0 aliphatic carbocycles. The molecule has 78 valence electrons. The zero-order chi connectivity index (χ0) is 11.3. The first-order chi connectivity index (χ1) is 7.16. The lowest BCUT2D eigenvalue weighted by Gasteiger charge is -2.06. The van der Waals surface area contributed by atoms with Crippen molar-refractivity contribution < 1.29 is 9.66 Å². The fourth-order valence-corrected chi connectivity index (χ4v) is 1.47. The van der Waals surface area contributed by atoms with Crippen molar-refractivity contribution in [2.45, 2.75) is 6.42 Å². The van der Waals surface area contributed by atoms with Gasteiger partial charge in [-0.3, -0.25) is 10.1 Å². The number of ether oxygens (including phenoxy) is 1. The molecule has 0 unspecified atom stereocenters. The van der Waals surface area contributed by atoms with Gasteiger partial charge in [-0.15, -0.1) is 12.3 Å². The van der Waals surface area contributed by atoms with Crippen LogP contribution in [0.15, 0.2) is 22.7 Å².